The van der Waals surface area contributed by atoms with Crippen molar-refractivity contribution in [1.29, 1.82) is 0 Å². The molecule has 0 unspecified atom stereocenters. The van der Waals surface area contributed by atoms with Gasteiger partial charge in [0.15, 0.2) is 24.1 Å². The third-order valence-electron chi connectivity index (χ3n) is 11.7. The molecule has 2 heterocycles. The molecule has 0 bridgehead atoms. The molecule has 12 N–H and O–H groups in total. The fourth-order valence-corrected chi connectivity index (χ4v) is 8.30. The molecule has 364 valence electrons. The van der Waals surface area contributed by atoms with Crippen molar-refractivity contribution in [3.8, 4) is 34.1 Å². The number of carboxylic acids is 2. The van der Waals surface area contributed by atoms with E-state index in [-0.39, 0.29) is 33.6 Å². The van der Waals surface area contributed by atoms with Crippen LogP contribution in [0.4, 0.5) is 13.2 Å². The van der Waals surface area contributed by atoms with E-state index in [0.717, 1.165) is 12.1 Å². The molecular formula is C42H45F3N2O20. The predicted octanol–water partition coefficient (Wildman–Crippen LogP) is 0.0216. The largest absolute Gasteiger partial charge is 0.507 e. The number of hydrogen-bond acceptors (Lipinski definition) is 19. The highest BCUT2D eigenvalue weighted by Gasteiger charge is 2.51. The molecular weight excluding hydrogens is 909 g/mol. The quantitative estimate of drug-likeness (QED) is 0.105. The molecule has 2 aliphatic carbocycles. The number of aliphatic carboxylic acids is 2. The normalized spacial score (nSPS) is 28.1. The van der Waals surface area contributed by atoms with Gasteiger partial charge in [0.1, 0.15) is 71.8 Å². The van der Waals surface area contributed by atoms with Crippen LogP contribution in [0.1, 0.15) is 84.9 Å². The van der Waals surface area contributed by atoms with Gasteiger partial charge in [-0.15, -0.1) is 0 Å². The number of carbonyl (C=O) groups excluding carboxylic acids is 3. The Kier molecular flexibility index (Phi) is 14.3. The highest BCUT2D eigenvalue weighted by Crippen LogP contribution is 2.57. The summed E-state index contributed by atoms with van der Waals surface area (Å²) in [6.45, 7) is 3.76. The predicted molar refractivity (Wildman–Crippen MR) is 214 cm³/mol. The lowest BCUT2D eigenvalue weighted by atomic mass is 9.74. The zero-order valence-corrected chi connectivity index (χ0v) is 35.6. The van der Waals surface area contributed by atoms with Gasteiger partial charge in [-0.3, -0.25) is 19.2 Å². The Morgan fingerprint density at radius 2 is 1.42 bits per heavy atom. The Balaban J connectivity index is 0.000000980. The van der Waals surface area contributed by atoms with Gasteiger partial charge < -0.3 is 85.4 Å². The number of halogens is 3. The second-order valence-corrected chi connectivity index (χ2v) is 15.9. The SMILES string of the molecule is CN[C@@H]1[C@H](O[C@@H]2OC[C@@H](O)[C@H](O)[C@H]2O)[C@@H](O)[C@H](O[C@H]2c3cc(C)c(C(=O)N[C@H](C)C(=O)O)c(O)c3-c3c(cc4c(c3O)C(=O)c3cc(OC)cc(O)c3C4=O)[C@@H]2O)O[C@@H]1C.O=C(O)C(F)(F)F. The van der Waals surface area contributed by atoms with Crippen LogP contribution in [0.2, 0.25) is 0 Å². The molecule has 2 aliphatic heterocycles. The number of hydrogen-bond donors (Lipinski definition) is 12. The molecule has 22 nitrogen and oxygen atoms in total. The molecule has 25 heteroatoms. The van der Waals surface area contributed by atoms with Crippen molar-refractivity contribution >= 4 is 29.4 Å². The topological polar surface area (TPSA) is 358 Å². The third kappa shape index (κ3) is 9.09. The lowest BCUT2D eigenvalue weighted by Gasteiger charge is -2.47. The lowest BCUT2D eigenvalue weighted by Crippen LogP contribution is -2.65. The van der Waals surface area contributed by atoms with Crippen LogP contribution in [0.15, 0.2) is 24.3 Å². The van der Waals surface area contributed by atoms with Crippen LogP contribution < -0.4 is 15.4 Å². The lowest BCUT2D eigenvalue weighted by molar-refractivity contribution is -0.339. The molecule has 2 saturated heterocycles. The maximum absolute atomic E-state index is 14.1. The summed E-state index contributed by atoms with van der Waals surface area (Å²) in [7, 11) is 2.80. The average molecular weight is 955 g/mol. The van der Waals surface area contributed by atoms with E-state index in [9.17, 15) is 78.3 Å². The summed E-state index contributed by atoms with van der Waals surface area (Å²) >= 11 is 0. The summed E-state index contributed by atoms with van der Waals surface area (Å²) in [5, 5.41) is 111. The van der Waals surface area contributed by atoms with Gasteiger partial charge in [-0.05, 0) is 56.6 Å². The van der Waals surface area contributed by atoms with Crippen molar-refractivity contribution in [2.45, 2.75) is 100 Å². The monoisotopic (exact) mass is 954 g/mol. The fraction of sp³-hybridized carbons (Fsp3) is 0.452. The number of fused-ring (bicyclic) bond motifs is 5. The van der Waals surface area contributed by atoms with Crippen molar-refractivity contribution in [1.82, 2.24) is 10.6 Å². The van der Waals surface area contributed by atoms with Crippen LogP contribution in [-0.2, 0) is 28.5 Å². The number of aryl methyl sites for hydroxylation is 1. The maximum Gasteiger partial charge on any atom is 0.490 e. The number of aliphatic hydroxyl groups excluding tert-OH is 5. The first-order valence-electron chi connectivity index (χ1n) is 20.0. The Hall–Kier alpha value is -6.00. The molecule has 4 aliphatic rings. The number of aromatic hydroxyl groups is 3. The van der Waals surface area contributed by atoms with Gasteiger partial charge in [0, 0.05) is 28.3 Å². The van der Waals surface area contributed by atoms with Crippen LogP contribution in [0.5, 0.6) is 23.0 Å². The number of rotatable bonds is 9. The van der Waals surface area contributed by atoms with Crippen LogP contribution in [-0.4, -0.2) is 169 Å². The second kappa shape index (κ2) is 18.9. The number of carboxylic acid groups (broad SMARTS) is 2. The Morgan fingerprint density at radius 1 is 0.821 bits per heavy atom. The molecule has 2 fully saturated rings. The number of benzene rings is 3. The summed E-state index contributed by atoms with van der Waals surface area (Å²) < 4.78 is 60.7. The van der Waals surface area contributed by atoms with Gasteiger partial charge in [-0.2, -0.15) is 13.2 Å². The number of methoxy groups -OCH3 is 1. The summed E-state index contributed by atoms with van der Waals surface area (Å²) in [6.07, 6.45) is -20.6. The maximum atomic E-state index is 14.1. The number of alkyl halides is 3. The van der Waals surface area contributed by atoms with E-state index in [4.69, 9.17) is 33.6 Å². The van der Waals surface area contributed by atoms with Gasteiger partial charge in [0.25, 0.3) is 5.91 Å². The van der Waals surface area contributed by atoms with Crippen molar-refractivity contribution < 1.29 is 112 Å². The Labute approximate surface area is 375 Å². The smallest absolute Gasteiger partial charge is 0.490 e. The first-order valence-corrected chi connectivity index (χ1v) is 20.0. The van der Waals surface area contributed by atoms with Crippen LogP contribution in [0, 0.1) is 6.92 Å². The van der Waals surface area contributed by atoms with Crippen molar-refractivity contribution in [3.05, 3.63) is 68.8 Å². The van der Waals surface area contributed by atoms with Gasteiger partial charge in [0.2, 0.25) is 0 Å². The molecule has 12 atom stereocenters. The number of ether oxygens (including phenoxy) is 5. The number of ketones is 2. The van der Waals surface area contributed by atoms with E-state index < -0.39 is 161 Å². The Bertz CT molecular complexity index is 2500. The zero-order chi connectivity index (χ0) is 49.9. The third-order valence-corrected chi connectivity index (χ3v) is 11.7. The van der Waals surface area contributed by atoms with Crippen LogP contribution >= 0.6 is 0 Å². The van der Waals surface area contributed by atoms with Crippen molar-refractivity contribution in [3.63, 3.8) is 0 Å². The van der Waals surface area contributed by atoms with Gasteiger partial charge in [-0.25, -0.2) is 4.79 Å². The second-order valence-electron chi connectivity index (χ2n) is 15.9. The van der Waals surface area contributed by atoms with Gasteiger partial charge in [0.05, 0.1) is 42.6 Å². The molecule has 7 rings (SSSR count). The molecule has 3 aromatic rings. The number of carbonyl (C=O) groups is 5. The summed E-state index contributed by atoms with van der Waals surface area (Å²) in [6, 6.07) is 2.44. The molecule has 3 aromatic carbocycles. The number of nitrogens with one attached hydrogen (secondary N) is 2. The van der Waals surface area contributed by atoms with Crippen LogP contribution in [0.3, 0.4) is 0 Å². The van der Waals surface area contributed by atoms with E-state index in [1.807, 2.05) is 0 Å². The summed E-state index contributed by atoms with van der Waals surface area (Å²) in [5.74, 6) is -9.39. The number of likely N-dealkylation sites (N-methyl/N-ethyl adjacent to an activating group) is 1. The number of phenolic OH excluding ortho intramolecular Hbond substituents is 3. The minimum Gasteiger partial charge on any atom is -0.507 e. The minimum atomic E-state index is -5.08. The number of phenols is 3. The van der Waals surface area contributed by atoms with E-state index in [1.54, 1.807) is 6.92 Å². The number of aliphatic hydroxyl groups is 5. The summed E-state index contributed by atoms with van der Waals surface area (Å²) in [4.78, 5) is 62.2. The number of amides is 1. The van der Waals surface area contributed by atoms with E-state index in [0.29, 0.717) is 0 Å². The molecule has 0 radical (unpaired) electrons. The molecule has 67 heavy (non-hydrogen) atoms. The highest BCUT2D eigenvalue weighted by atomic mass is 19.4. The Morgan fingerprint density at radius 3 is 2.00 bits per heavy atom. The highest BCUT2D eigenvalue weighted by molar-refractivity contribution is 6.31. The van der Waals surface area contributed by atoms with E-state index >= 15 is 0 Å². The zero-order valence-electron chi connectivity index (χ0n) is 35.6. The van der Waals surface area contributed by atoms with E-state index in [2.05, 4.69) is 10.6 Å². The van der Waals surface area contributed by atoms with Crippen LogP contribution in [0.25, 0.3) is 11.1 Å². The minimum absolute atomic E-state index is 0.0161. The van der Waals surface area contributed by atoms with Crippen molar-refractivity contribution in [2.24, 2.45) is 0 Å². The van der Waals surface area contributed by atoms with E-state index in [1.165, 1.54) is 40.1 Å². The fourth-order valence-electron chi connectivity index (χ4n) is 8.30. The van der Waals surface area contributed by atoms with Gasteiger partial charge >= 0.3 is 18.1 Å². The molecule has 0 aromatic heterocycles. The standard InChI is InChI=1S/C40H44N2O18.C2HF3O2/c1-11-6-18-24(31(49)21(11)37(53)42-12(2)38(54)55)23-16(9-17-25(32(23)50)28(46)15-7-14(56-5)8-19(43)22(15)27(17)45)29(47)35(18)59-40-34(52)36(26(41-4)13(3)58-40)60-39-33(51)30(48)20(44)10-57-39;3-2(4,5)1(6)7/h6-9,12-13,20,26,29-30,33-36,39-41,43-44,47-52H,10H2,1-5H3,(H,42,53)(H,54,55);(H,6,7)/t12-,13-,20-,26+,29+,30+,33-,34-,35+,36+,39+,40+;/m1./s1. The first kappa shape index (κ1) is 50.4. The van der Waals surface area contributed by atoms with Crippen molar-refractivity contribution in [2.75, 3.05) is 20.8 Å². The first-order chi connectivity index (χ1) is 31.3. The van der Waals surface area contributed by atoms with Gasteiger partial charge in [-0.1, -0.05) is 6.07 Å². The molecule has 0 spiro atoms. The average Bonchev–Trinajstić information content (AvgIpc) is 3.25. The molecule has 0 saturated carbocycles. The molecule has 1 amide bonds. The summed E-state index contributed by atoms with van der Waals surface area (Å²) in [5.41, 5.74) is -3.36.